The van der Waals surface area contributed by atoms with Gasteiger partial charge in [-0.3, -0.25) is 10.1 Å². The van der Waals surface area contributed by atoms with Crippen LogP contribution in [0, 0.1) is 0 Å². The number of nitrogens with one attached hydrogen (secondary N) is 1. The van der Waals surface area contributed by atoms with E-state index in [1.54, 1.807) is 18.2 Å². The van der Waals surface area contributed by atoms with Crippen molar-refractivity contribution in [3.63, 3.8) is 0 Å². The van der Waals surface area contributed by atoms with Crippen molar-refractivity contribution in [2.75, 3.05) is 11.1 Å². The third-order valence-electron chi connectivity index (χ3n) is 2.65. The highest BCUT2D eigenvalue weighted by Crippen LogP contribution is 2.28. The molecule has 5 nitrogen and oxygen atoms in total. The van der Waals surface area contributed by atoms with Gasteiger partial charge in [-0.25, -0.2) is 9.97 Å². The maximum absolute atomic E-state index is 12.2. The van der Waals surface area contributed by atoms with E-state index in [0.717, 1.165) is 10.2 Å². The van der Waals surface area contributed by atoms with Crippen LogP contribution in [-0.4, -0.2) is 15.9 Å². The molecule has 3 N–H and O–H groups in total. The zero-order valence-corrected chi connectivity index (χ0v) is 12.8. The molecule has 0 fully saturated rings. The summed E-state index contributed by atoms with van der Waals surface area (Å²) in [6.45, 7) is 0. The van der Waals surface area contributed by atoms with E-state index < -0.39 is 5.91 Å². The number of fused-ring (bicyclic) bond motifs is 1. The number of hydrogen-bond acceptors (Lipinski definition) is 5. The minimum Gasteiger partial charge on any atom is -0.384 e. The normalized spacial score (nSPS) is 10.8. The lowest BCUT2D eigenvalue weighted by molar-refractivity contribution is 0.102. The van der Waals surface area contributed by atoms with Crippen LogP contribution in [0.2, 0.25) is 10.0 Å². The Kier molecular flexibility index (Phi) is 3.67. The molecule has 1 amide bonds. The van der Waals surface area contributed by atoms with Gasteiger partial charge < -0.3 is 5.73 Å². The number of nitrogen functional groups attached to an aromatic ring is 1. The third-order valence-corrected chi connectivity index (χ3v) is 4.13. The second-order valence-electron chi connectivity index (χ2n) is 4.15. The Balaban J connectivity index is 1.90. The molecule has 1 aromatic carbocycles. The average Bonchev–Trinajstić information content (AvgIpc) is 2.82. The average molecular weight is 339 g/mol. The Bertz CT molecular complexity index is 849. The number of aromatic nitrogens is 2. The number of hydrogen-bond donors (Lipinski definition) is 2. The van der Waals surface area contributed by atoms with Crippen LogP contribution in [0.1, 0.15) is 10.5 Å². The zero-order chi connectivity index (χ0) is 15.0. The van der Waals surface area contributed by atoms with Gasteiger partial charge >= 0.3 is 0 Å². The van der Waals surface area contributed by atoms with Crippen molar-refractivity contribution in [1.29, 1.82) is 0 Å². The predicted octanol–water partition coefficient (Wildman–Crippen LogP) is 3.83. The molecule has 106 valence electrons. The Morgan fingerprint density at radius 2 is 2.00 bits per heavy atom. The monoisotopic (exact) mass is 338 g/mol. The molecule has 0 aliphatic carbocycles. The fourth-order valence-electron chi connectivity index (χ4n) is 1.72. The van der Waals surface area contributed by atoms with E-state index >= 15 is 0 Å². The van der Waals surface area contributed by atoms with Gasteiger partial charge in [-0.15, -0.1) is 0 Å². The molecule has 3 aromatic rings. The molecule has 2 heterocycles. The molecule has 8 heteroatoms. The molecule has 21 heavy (non-hydrogen) atoms. The number of carbonyl (C=O) groups is 1. The summed E-state index contributed by atoms with van der Waals surface area (Å²) in [4.78, 5) is 20.4. The van der Waals surface area contributed by atoms with Crippen molar-refractivity contribution in [3.05, 3.63) is 46.1 Å². The molecule has 0 bridgehead atoms. The number of nitrogens with zero attached hydrogens (tertiary/aromatic N) is 2. The molecule has 3 rings (SSSR count). The first-order valence-electron chi connectivity index (χ1n) is 5.82. The summed E-state index contributed by atoms with van der Waals surface area (Å²) in [6, 6.07) is 8.37. The van der Waals surface area contributed by atoms with Crippen LogP contribution >= 0.6 is 34.5 Å². The molecule has 0 unspecified atom stereocenters. The maximum atomic E-state index is 12.2. The number of halogens is 2. The van der Waals surface area contributed by atoms with Gasteiger partial charge in [0.2, 0.25) is 0 Å². The van der Waals surface area contributed by atoms with E-state index in [-0.39, 0.29) is 16.5 Å². The summed E-state index contributed by atoms with van der Waals surface area (Å²) in [6.07, 6.45) is 0. The molecule has 0 spiro atoms. The number of benzene rings is 1. The standard InChI is InChI=1S/C13H8Cl2N4OS/c14-6-1-3-8-9(5-6)21-13(17-8)19-12(20)11-7(15)2-4-10(16)18-11/h1-5H,(H2,16,18)(H,17,19,20). The van der Waals surface area contributed by atoms with Gasteiger partial charge in [-0.2, -0.15) is 0 Å². The summed E-state index contributed by atoms with van der Waals surface area (Å²) in [5, 5.41) is 3.94. The highest BCUT2D eigenvalue weighted by Gasteiger charge is 2.15. The summed E-state index contributed by atoms with van der Waals surface area (Å²) < 4.78 is 0.879. The first-order valence-corrected chi connectivity index (χ1v) is 7.39. The molecule has 0 atom stereocenters. The Morgan fingerprint density at radius 3 is 2.81 bits per heavy atom. The summed E-state index contributed by atoms with van der Waals surface area (Å²) in [7, 11) is 0. The minimum atomic E-state index is -0.461. The van der Waals surface area contributed by atoms with Gasteiger partial charge in [0.05, 0.1) is 15.2 Å². The van der Waals surface area contributed by atoms with Gasteiger partial charge in [0.15, 0.2) is 5.13 Å². The number of thiazole rings is 1. The van der Waals surface area contributed by atoms with E-state index in [2.05, 4.69) is 15.3 Å². The second-order valence-corrected chi connectivity index (χ2v) is 6.03. The molecule has 0 aliphatic rings. The predicted molar refractivity (Wildman–Crippen MR) is 86.2 cm³/mol. The Hall–Kier alpha value is -1.89. The number of amides is 1. The Morgan fingerprint density at radius 1 is 1.19 bits per heavy atom. The van der Waals surface area contributed by atoms with Crippen LogP contribution < -0.4 is 11.1 Å². The van der Waals surface area contributed by atoms with E-state index in [1.807, 2.05) is 0 Å². The van der Waals surface area contributed by atoms with Crippen molar-refractivity contribution in [2.24, 2.45) is 0 Å². The zero-order valence-electron chi connectivity index (χ0n) is 10.4. The van der Waals surface area contributed by atoms with Crippen LogP contribution in [0.5, 0.6) is 0 Å². The third kappa shape index (κ3) is 2.92. The maximum Gasteiger partial charge on any atom is 0.277 e. The largest absolute Gasteiger partial charge is 0.384 e. The smallest absolute Gasteiger partial charge is 0.277 e. The number of nitrogens with two attached hydrogens (primary N) is 1. The van der Waals surface area contributed by atoms with Crippen molar-refractivity contribution in [3.8, 4) is 0 Å². The van der Waals surface area contributed by atoms with Gasteiger partial charge in [-0.05, 0) is 30.3 Å². The van der Waals surface area contributed by atoms with Gasteiger partial charge in [-0.1, -0.05) is 34.5 Å². The van der Waals surface area contributed by atoms with E-state index in [1.165, 1.54) is 23.5 Å². The van der Waals surface area contributed by atoms with Gasteiger partial charge in [0.1, 0.15) is 11.5 Å². The van der Waals surface area contributed by atoms with Gasteiger partial charge in [0, 0.05) is 5.02 Å². The molecule has 0 aliphatic heterocycles. The van der Waals surface area contributed by atoms with E-state index in [4.69, 9.17) is 28.9 Å². The van der Waals surface area contributed by atoms with Crippen LogP contribution in [0.4, 0.5) is 10.9 Å². The summed E-state index contributed by atoms with van der Waals surface area (Å²) >= 11 is 13.2. The fraction of sp³-hybridized carbons (Fsp3) is 0. The molecule has 0 saturated heterocycles. The highest BCUT2D eigenvalue weighted by molar-refractivity contribution is 7.22. The second kappa shape index (κ2) is 5.48. The van der Waals surface area contributed by atoms with E-state index in [9.17, 15) is 4.79 Å². The lowest BCUT2D eigenvalue weighted by Gasteiger charge is -2.03. The lowest BCUT2D eigenvalue weighted by Crippen LogP contribution is -2.14. The quantitative estimate of drug-likeness (QED) is 0.743. The Labute approximate surface area is 133 Å². The first kappa shape index (κ1) is 14.1. The molecular formula is C13H8Cl2N4OS. The summed E-state index contributed by atoms with van der Waals surface area (Å²) in [5.41, 5.74) is 6.38. The minimum absolute atomic E-state index is 0.0638. The van der Waals surface area contributed by atoms with Crippen LogP contribution in [0.15, 0.2) is 30.3 Å². The van der Waals surface area contributed by atoms with Crippen molar-refractivity contribution in [1.82, 2.24) is 9.97 Å². The molecule has 2 aromatic heterocycles. The summed E-state index contributed by atoms with van der Waals surface area (Å²) in [5.74, 6) is -0.238. The van der Waals surface area contributed by atoms with Crippen molar-refractivity contribution < 1.29 is 4.79 Å². The first-order chi connectivity index (χ1) is 10.0. The molecule has 0 radical (unpaired) electrons. The number of rotatable bonds is 2. The SMILES string of the molecule is Nc1ccc(Cl)c(C(=O)Nc2nc3ccc(Cl)cc3s2)n1. The van der Waals surface area contributed by atoms with Crippen LogP contribution in [0.25, 0.3) is 10.2 Å². The van der Waals surface area contributed by atoms with Crippen LogP contribution in [0.3, 0.4) is 0 Å². The lowest BCUT2D eigenvalue weighted by atomic mass is 10.3. The van der Waals surface area contributed by atoms with Gasteiger partial charge in [0.25, 0.3) is 5.91 Å². The van der Waals surface area contributed by atoms with Crippen LogP contribution in [-0.2, 0) is 0 Å². The number of carbonyl (C=O) groups excluding carboxylic acids is 1. The topological polar surface area (TPSA) is 80.9 Å². The highest BCUT2D eigenvalue weighted by atomic mass is 35.5. The number of anilines is 2. The van der Waals surface area contributed by atoms with Crippen molar-refractivity contribution >= 4 is 61.6 Å². The van der Waals surface area contributed by atoms with E-state index in [0.29, 0.717) is 10.2 Å². The molecule has 0 saturated carbocycles. The molecular weight excluding hydrogens is 331 g/mol. The fourth-order valence-corrected chi connectivity index (χ4v) is 3.05. The van der Waals surface area contributed by atoms with Crippen molar-refractivity contribution in [2.45, 2.75) is 0 Å². The number of pyridine rings is 1.